The summed E-state index contributed by atoms with van der Waals surface area (Å²) >= 11 is 0. The normalized spacial score (nSPS) is 18.5. The van der Waals surface area contributed by atoms with Gasteiger partial charge in [-0.1, -0.05) is 20.3 Å². The lowest BCUT2D eigenvalue weighted by molar-refractivity contribution is -0.123. The number of hydrogen-bond donors (Lipinski definition) is 2. The third-order valence-corrected chi connectivity index (χ3v) is 3.88. The van der Waals surface area contributed by atoms with Crippen LogP contribution in [-0.4, -0.2) is 68.1 Å². The molecule has 1 aliphatic rings. The van der Waals surface area contributed by atoms with Crippen molar-refractivity contribution in [3.05, 3.63) is 0 Å². The minimum Gasteiger partial charge on any atom is -0.353 e. The number of amides is 1. The number of nitrogens with two attached hydrogens (primary N) is 1. The molecule has 1 heterocycles. The van der Waals surface area contributed by atoms with Gasteiger partial charge in [-0.2, -0.15) is 0 Å². The van der Waals surface area contributed by atoms with E-state index in [1.54, 1.807) is 0 Å². The Bertz CT molecular complexity index is 264. The molecule has 1 rings (SSSR count). The molecule has 1 aliphatic heterocycles. The van der Waals surface area contributed by atoms with Crippen molar-refractivity contribution in [3.8, 4) is 0 Å². The van der Waals surface area contributed by atoms with Crippen LogP contribution in [0.2, 0.25) is 0 Å². The van der Waals surface area contributed by atoms with Gasteiger partial charge in [-0.05, 0) is 13.0 Å². The summed E-state index contributed by atoms with van der Waals surface area (Å²) in [6, 6.07) is -0.373. The number of nitrogens with zero attached hydrogens (tertiary/aromatic N) is 2. The number of carbonyl (C=O) groups excluding carboxylic acids is 1. The van der Waals surface area contributed by atoms with Crippen molar-refractivity contribution in [2.24, 2.45) is 11.7 Å². The van der Waals surface area contributed by atoms with Crippen molar-refractivity contribution < 1.29 is 4.79 Å². The molecule has 0 aliphatic carbocycles. The summed E-state index contributed by atoms with van der Waals surface area (Å²) < 4.78 is 0. The quantitative estimate of drug-likeness (QED) is 0.737. The highest BCUT2D eigenvalue weighted by molar-refractivity contribution is 5.86. The Morgan fingerprint density at radius 1 is 1.19 bits per heavy atom. The van der Waals surface area contributed by atoms with Crippen molar-refractivity contribution in [1.29, 1.82) is 0 Å². The Balaban J connectivity index is -0.00000108. The molecule has 0 bridgehead atoms. The Morgan fingerprint density at radius 2 is 1.71 bits per heavy atom. The molecule has 0 aromatic carbocycles. The van der Waals surface area contributed by atoms with Crippen LogP contribution < -0.4 is 11.1 Å². The van der Waals surface area contributed by atoms with E-state index in [0.29, 0.717) is 6.54 Å². The molecule has 2 unspecified atom stereocenters. The van der Waals surface area contributed by atoms with Crippen LogP contribution in [0.5, 0.6) is 0 Å². The molecule has 130 valence electrons. The molecule has 3 N–H and O–H groups in total. The van der Waals surface area contributed by atoms with Gasteiger partial charge in [0.2, 0.25) is 5.91 Å². The Hall–Kier alpha value is 0.220. The highest BCUT2D eigenvalue weighted by Crippen LogP contribution is 2.05. The fraction of sp³-hybridized carbons (Fsp3) is 0.923. The van der Waals surface area contributed by atoms with Gasteiger partial charge < -0.3 is 16.0 Å². The minimum absolute atomic E-state index is 0. The van der Waals surface area contributed by atoms with E-state index >= 15 is 0 Å². The summed E-state index contributed by atoms with van der Waals surface area (Å²) in [5, 5.41) is 2.94. The van der Waals surface area contributed by atoms with Crippen LogP contribution in [0, 0.1) is 5.92 Å². The maximum absolute atomic E-state index is 11.8. The first-order chi connectivity index (χ1) is 8.54. The lowest BCUT2D eigenvalue weighted by Crippen LogP contribution is -2.49. The van der Waals surface area contributed by atoms with E-state index < -0.39 is 0 Å². The second-order valence-corrected chi connectivity index (χ2v) is 5.35. The van der Waals surface area contributed by atoms with Gasteiger partial charge in [0.05, 0.1) is 6.04 Å². The molecule has 0 spiro atoms. The van der Waals surface area contributed by atoms with Crippen LogP contribution in [-0.2, 0) is 4.79 Å². The van der Waals surface area contributed by atoms with Gasteiger partial charge >= 0.3 is 0 Å². The zero-order chi connectivity index (χ0) is 13.5. The predicted octanol–water partition coefficient (Wildman–Crippen LogP) is 0.989. The van der Waals surface area contributed by atoms with Crippen molar-refractivity contribution in [2.45, 2.75) is 26.3 Å². The number of hydrogen-bond acceptors (Lipinski definition) is 4. The Kier molecular flexibility index (Phi) is 17.2. The fourth-order valence-electron chi connectivity index (χ4n) is 2.04. The Morgan fingerprint density at radius 3 is 2.19 bits per heavy atom. The molecule has 21 heavy (non-hydrogen) atoms. The standard InChI is InChI=1S/C13H28N4O.3ClH/c1-4-11(2)12(14)13(18)15-5-6-17-9-7-16(3)8-10-17;;;/h11-12H,4-10,14H2,1-3H3,(H,15,18);3*1H. The molecule has 0 radical (unpaired) electrons. The van der Waals surface area contributed by atoms with E-state index in [4.69, 9.17) is 5.73 Å². The van der Waals surface area contributed by atoms with E-state index in [9.17, 15) is 4.79 Å². The van der Waals surface area contributed by atoms with Gasteiger partial charge in [0.15, 0.2) is 0 Å². The average molecular weight is 366 g/mol. The smallest absolute Gasteiger partial charge is 0.237 e. The fourth-order valence-corrected chi connectivity index (χ4v) is 2.04. The topological polar surface area (TPSA) is 61.6 Å². The van der Waals surface area contributed by atoms with Crippen LogP contribution in [0.4, 0.5) is 0 Å². The van der Waals surface area contributed by atoms with Crippen LogP contribution >= 0.6 is 37.2 Å². The van der Waals surface area contributed by atoms with Gasteiger partial charge in [0.1, 0.15) is 0 Å². The minimum atomic E-state index is -0.373. The SMILES string of the molecule is CCC(C)C(N)C(=O)NCCN1CCN(C)CC1.Cl.Cl.Cl. The largest absolute Gasteiger partial charge is 0.353 e. The highest BCUT2D eigenvalue weighted by atomic mass is 35.5. The molecule has 0 aromatic heterocycles. The number of likely N-dealkylation sites (N-methyl/N-ethyl adjacent to an activating group) is 1. The van der Waals surface area contributed by atoms with Crippen molar-refractivity contribution in [2.75, 3.05) is 46.3 Å². The number of rotatable bonds is 6. The molecule has 1 fully saturated rings. The number of nitrogens with one attached hydrogen (secondary N) is 1. The lowest BCUT2D eigenvalue weighted by Gasteiger charge is -2.32. The predicted molar refractivity (Wildman–Crippen MR) is 96.1 cm³/mol. The maximum atomic E-state index is 11.8. The van der Waals surface area contributed by atoms with Crippen molar-refractivity contribution in [1.82, 2.24) is 15.1 Å². The summed E-state index contributed by atoms with van der Waals surface area (Å²) in [7, 11) is 2.14. The van der Waals surface area contributed by atoms with Crippen molar-refractivity contribution in [3.63, 3.8) is 0 Å². The molecule has 0 saturated carbocycles. The first-order valence-electron chi connectivity index (χ1n) is 6.98. The molecule has 0 aromatic rings. The third-order valence-electron chi connectivity index (χ3n) is 3.88. The highest BCUT2D eigenvalue weighted by Gasteiger charge is 2.19. The van der Waals surface area contributed by atoms with Gasteiger partial charge in [-0.15, -0.1) is 37.2 Å². The first kappa shape index (κ1) is 26.1. The van der Waals surface area contributed by atoms with E-state index in [0.717, 1.165) is 39.1 Å². The van der Waals surface area contributed by atoms with Gasteiger partial charge in [0, 0.05) is 39.3 Å². The summed E-state index contributed by atoms with van der Waals surface area (Å²) in [5.74, 6) is 0.229. The molecule has 8 heteroatoms. The van der Waals surface area contributed by atoms with E-state index in [1.165, 1.54) is 0 Å². The van der Waals surface area contributed by atoms with Crippen LogP contribution in [0.3, 0.4) is 0 Å². The number of halogens is 3. The molecule has 5 nitrogen and oxygen atoms in total. The van der Waals surface area contributed by atoms with E-state index in [1.807, 2.05) is 6.92 Å². The van der Waals surface area contributed by atoms with Crippen LogP contribution in [0.1, 0.15) is 20.3 Å². The third kappa shape index (κ3) is 9.76. The molecular formula is C13H31Cl3N4O. The van der Waals surface area contributed by atoms with Crippen LogP contribution in [0.15, 0.2) is 0 Å². The second kappa shape index (κ2) is 13.9. The van der Waals surface area contributed by atoms with Crippen LogP contribution in [0.25, 0.3) is 0 Å². The van der Waals surface area contributed by atoms with Gasteiger partial charge in [0.25, 0.3) is 0 Å². The average Bonchev–Trinajstić information content (AvgIpc) is 2.39. The Labute approximate surface area is 147 Å². The molecule has 2 atom stereocenters. The first-order valence-corrected chi connectivity index (χ1v) is 6.98. The van der Waals surface area contributed by atoms with Crippen molar-refractivity contribution >= 4 is 43.1 Å². The summed E-state index contributed by atoms with van der Waals surface area (Å²) in [5.41, 5.74) is 5.88. The number of carbonyl (C=O) groups is 1. The molecule has 1 saturated heterocycles. The van der Waals surface area contributed by atoms with E-state index in [2.05, 4.69) is 29.1 Å². The zero-order valence-electron chi connectivity index (χ0n) is 13.2. The monoisotopic (exact) mass is 364 g/mol. The van der Waals surface area contributed by atoms with E-state index in [-0.39, 0.29) is 55.1 Å². The zero-order valence-corrected chi connectivity index (χ0v) is 15.7. The second-order valence-electron chi connectivity index (χ2n) is 5.35. The number of piperazine rings is 1. The summed E-state index contributed by atoms with van der Waals surface area (Å²) in [4.78, 5) is 16.5. The summed E-state index contributed by atoms with van der Waals surface area (Å²) in [6.45, 7) is 10.1. The van der Waals surface area contributed by atoms with Gasteiger partial charge in [-0.25, -0.2) is 0 Å². The molecule has 1 amide bonds. The van der Waals surface area contributed by atoms with Gasteiger partial charge in [-0.3, -0.25) is 9.69 Å². The maximum Gasteiger partial charge on any atom is 0.237 e. The lowest BCUT2D eigenvalue weighted by atomic mass is 9.99. The molecular weight excluding hydrogens is 335 g/mol. The summed E-state index contributed by atoms with van der Waals surface area (Å²) in [6.07, 6.45) is 0.938.